The molecule has 0 radical (unpaired) electrons. The molecule has 100 valence electrons. The smallest absolute Gasteiger partial charge is 0.138 e. The van der Waals surface area contributed by atoms with E-state index in [9.17, 15) is 0 Å². The molecular formula is C15H15ClINO. The van der Waals surface area contributed by atoms with Gasteiger partial charge in [0.05, 0.1) is 0 Å². The van der Waals surface area contributed by atoms with Crippen LogP contribution < -0.4 is 10.5 Å². The normalized spacial score (nSPS) is 13.9. The second-order valence-corrected chi connectivity index (χ2v) is 6.09. The van der Waals surface area contributed by atoms with Gasteiger partial charge in [0.2, 0.25) is 0 Å². The predicted octanol–water partition coefficient (Wildman–Crippen LogP) is 4.41. The Morgan fingerprint density at radius 3 is 2.16 bits per heavy atom. The fraction of sp³-hybridized carbons (Fsp3) is 0.200. The van der Waals surface area contributed by atoms with Crippen LogP contribution in [0.25, 0.3) is 0 Å². The standard InChI is InChI=1S/C15H15ClINO/c1-10(18)15(11-2-4-12(16)5-3-11)19-14-8-6-13(17)7-9-14/h2-10,15H,18H2,1H3. The lowest BCUT2D eigenvalue weighted by atomic mass is 10.0. The molecule has 0 saturated carbocycles. The molecule has 2 atom stereocenters. The van der Waals surface area contributed by atoms with Gasteiger partial charge in [0.1, 0.15) is 11.9 Å². The molecule has 19 heavy (non-hydrogen) atoms. The maximum Gasteiger partial charge on any atom is 0.138 e. The van der Waals surface area contributed by atoms with Crippen molar-refractivity contribution in [3.05, 3.63) is 62.7 Å². The van der Waals surface area contributed by atoms with Gasteiger partial charge in [-0.25, -0.2) is 0 Å². The molecule has 0 aliphatic rings. The Balaban J connectivity index is 2.21. The summed E-state index contributed by atoms with van der Waals surface area (Å²) in [5.74, 6) is 0.817. The topological polar surface area (TPSA) is 35.2 Å². The third-order valence-corrected chi connectivity index (χ3v) is 3.72. The minimum absolute atomic E-state index is 0.111. The van der Waals surface area contributed by atoms with Gasteiger partial charge < -0.3 is 10.5 Å². The molecule has 0 spiro atoms. The first-order valence-electron chi connectivity index (χ1n) is 5.99. The number of rotatable bonds is 4. The summed E-state index contributed by atoms with van der Waals surface area (Å²) >= 11 is 8.16. The Morgan fingerprint density at radius 1 is 1.05 bits per heavy atom. The van der Waals surface area contributed by atoms with Gasteiger partial charge in [-0.2, -0.15) is 0 Å². The van der Waals surface area contributed by atoms with Crippen LogP contribution in [0.1, 0.15) is 18.6 Å². The summed E-state index contributed by atoms with van der Waals surface area (Å²) in [6.45, 7) is 1.94. The first kappa shape index (κ1) is 14.6. The van der Waals surface area contributed by atoms with Crippen molar-refractivity contribution < 1.29 is 4.74 Å². The van der Waals surface area contributed by atoms with Crippen LogP contribution >= 0.6 is 34.2 Å². The Hall–Kier alpha value is -0.780. The van der Waals surface area contributed by atoms with Crippen molar-refractivity contribution in [3.8, 4) is 5.75 Å². The summed E-state index contributed by atoms with van der Waals surface area (Å²) in [5.41, 5.74) is 7.05. The van der Waals surface area contributed by atoms with Gasteiger partial charge >= 0.3 is 0 Å². The van der Waals surface area contributed by atoms with E-state index < -0.39 is 0 Å². The van der Waals surface area contributed by atoms with E-state index in [4.69, 9.17) is 22.1 Å². The van der Waals surface area contributed by atoms with E-state index in [1.165, 1.54) is 3.57 Å². The number of ether oxygens (including phenoxy) is 1. The third kappa shape index (κ3) is 4.09. The van der Waals surface area contributed by atoms with Crippen LogP contribution in [0.2, 0.25) is 5.02 Å². The monoisotopic (exact) mass is 387 g/mol. The molecule has 0 fully saturated rings. The van der Waals surface area contributed by atoms with E-state index in [1.807, 2.05) is 55.5 Å². The fourth-order valence-corrected chi connectivity index (χ4v) is 2.28. The average Bonchev–Trinajstić information content (AvgIpc) is 2.39. The maximum atomic E-state index is 6.03. The zero-order chi connectivity index (χ0) is 13.8. The summed E-state index contributed by atoms with van der Waals surface area (Å²) in [6.07, 6.45) is -0.183. The molecule has 0 bridgehead atoms. The summed E-state index contributed by atoms with van der Waals surface area (Å²) in [5, 5.41) is 0.710. The molecule has 0 saturated heterocycles. The van der Waals surface area contributed by atoms with Crippen LogP contribution in [0, 0.1) is 3.57 Å². The molecule has 0 amide bonds. The molecule has 0 aromatic heterocycles. The van der Waals surface area contributed by atoms with Crippen LogP contribution in [0.5, 0.6) is 5.75 Å². The Labute approximate surface area is 132 Å². The third-order valence-electron chi connectivity index (χ3n) is 2.75. The molecule has 2 rings (SSSR count). The van der Waals surface area contributed by atoms with Gasteiger partial charge in [0.15, 0.2) is 0 Å². The lowest BCUT2D eigenvalue weighted by molar-refractivity contribution is 0.180. The first-order chi connectivity index (χ1) is 9.06. The highest BCUT2D eigenvalue weighted by Gasteiger charge is 2.18. The number of halogens is 2. The Kier molecular flexibility index (Phi) is 5.07. The molecule has 2 aromatic rings. The molecule has 0 aliphatic carbocycles. The molecule has 2 unspecified atom stereocenters. The maximum absolute atomic E-state index is 6.03. The van der Waals surface area contributed by atoms with Crippen LogP contribution in [0.15, 0.2) is 48.5 Å². The fourth-order valence-electron chi connectivity index (χ4n) is 1.79. The van der Waals surface area contributed by atoms with E-state index >= 15 is 0 Å². The largest absolute Gasteiger partial charge is 0.484 e. The van der Waals surface area contributed by atoms with Crippen molar-refractivity contribution in [2.45, 2.75) is 19.1 Å². The highest BCUT2D eigenvalue weighted by atomic mass is 127. The van der Waals surface area contributed by atoms with Gasteiger partial charge in [-0.3, -0.25) is 0 Å². The number of hydrogen-bond donors (Lipinski definition) is 1. The summed E-state index contributed by atoms with van der Waals surface area (Å²) in [7, 11) is 0. The van der Waals surface area contributed by atoms with Crippen molar-refractivity contribution in [1.29, 1.82) is 0 Å². The highest BCUT2D eigenvalue weighted by molar-refractivity contribution is 14.1. The number of hydrogen-bond acceptors (Lipinski definition) is 2. The van der Waals surface area contributed by atoms with E-state index in [-0.39, 0.29) is 12.1 Å². The van der Waals surface area contributed by atoms with Gasteiger partial charge in [0, 0.05) is 14.6 Å². The summed E-state index contributed by atoms with van der Waals surface area (Å²) in [6, 6.07) is 15.4. The van der Waals surface area contributed by atoms with Gasteiger partial charge in [0.25, 0.3) is 0 Å². The van der Waals surface area contributed by atoms with Crippen molar-refractivity contribution in [1.82, 2.24) is 0 Å². The van der Waals surface area contributed by atoms with Crippen LogP contribution in [-0.2, 0) is 0 Å². The number of nitrogens with two attached hydrogens (primary N) is 1. The summed E-state index contributed by atoms with van der Waals surface area (Å²) < 4.78 is 7.16. The number of benzene rings is 2. The quantitative estimate of drug-likeness (QED) is 0.789. The van der Waals surface area contributed by atoms with Gasteiger partial charge in [-0.1, -0.05) is 23.7 Å². The second kappa shape index (κ2) is 6.59. The lowest BCUT2D eigenvalue weighted by Gasteiger charge is -2.23. The van der Waals surface area contributed by atoms with Crippen molar-refractivity contribution in [2.24, 2.45) is 5.73 Å². The first-order valence-corrected chi connectivity index (χ1v) is 7.45. The Morgan fingerprint density at radius 2 is 1.63 bits per heavy atom. The van der Waals surface area contributed by atoms with Crippen LogP contribution in [0.4, 0.5) is 0 Å². The minimum Gasteiger partial charge on any atom is -0.484 e. The SMILES string of the molecule is CC(N)C(Oc1ccc(I)cc1)c1ccc(Cl)cc1. The van der Waals surface area contributed by atoms with Crippen LogP contribution in [-0.4, -0.2) is 6.04 Å². The average molecular weight is 388 g/mol. The molecule has 2 aromatic carbocycles. The van der Waals surface area contributed by atoms with E-state index in [0.717, 1.165) is 11.3 Å². The molecule has 4 heteroatoms. The van der Waals surface area contributed by atoms with E-state index in [1.54, 1.807) is 0 Å². The van der Waals surface area contributed by atoms with Gasteiger partial charge in [-0.15, -0.1) is 0 Å². The Bertz CT molecular complexity index is 525. The van der Waals surface area contributed by atoms with Crippen molar-refractivity contribution in [3.63, 3.8) is 0 Å². The zero-order valence-electron chi connectivity index (χ0n) is 10.5. The second-order valence-electron chi connectivity index (χ2n) is 4.40. The van der Waals surface area contributed by atoms with E-state index in [0.29, 0.717) is 5.02 Å². The predicted molar refractivity (Wildman–Crippen MR) is 87.6 cm³/mol. The van der Waals surface area contributed by atoms with Crippen molar-refractivity contribution >= 4 is 34.2 Å². The van der Waals surface area contributed by atoms with E-state index in [2.05, 4.69) is 22.6 Å². The molecule has 0 heterocycles. The highest BCUT2D eigenvalue weighted by Crippen LogP contribution is 2.25. The zero-order valence-corrected chi connectivity index (χ0v) is 13.4. The van der Waals surface area contributed by atoms with Crippen molar-refractivity contribution in [2.75, 3.05) is 0 Å². The van der Waals surface area contributed by atoms with Gasteiger partial charge in [-0.05, 0) is 71.5 Å². The minimum atomic E-state index is -0.183. The molecule has 0 aliphatic heterocycles. The van der Waals surface area contributed by atoms with Crippen LogP contribution in [0.3, 0.4) is 0 Å². The lowest BCUT2D eigenvalue weighted by Crippen LogP contribution is -2.29. The summed E-state index contributed by atoms with van der Waals surface area (Å²) in [4.78, 5) is 0. The molecular weight excluding hydrogens is 373 g/mol. The molecule has 2 N–H and O–H groups in total. The molecule has 2 nitrogen and oxygen atoms in total.